The van der Waals surface area contributed by atoms with Gasteiger partial charge in [0.15, 0.2) is 0 Å². The van der Waals surface area contributed by atoms with Crippen molar-refractivity contribution >= 4 is 0 Å². The lowest BCUT2D eigenvalue weighted by molar-refractivity contribution is -0.115. The fourth-order valence-electron chi connectivity index (χ4n) is 9.14. The first-order chi connectivity index (χ1) is 10.3. The van der Waals surface area contributed by atoms with Crippen LogP contribution in [-0.4, -0.2) is 23.9 Å². The fourth-order valence-corrected chi connectivity index (χ4v) is 9.14. The molecule has 116 valence electrons. The molecule has 6 aliphatic rings. The number of ether oxygens (including phenoxy) is 1. The van der Waals surface area contributed by atoms with Crippen LogP contribution in [0, 0.1) is 59.2 Å². The van der Waals surface area contributed by atoms with E-state index in [1.165, 1.54) is 25.7 Å². The highest BCUT2D eigenvalue weighted by Gasteiger charge is 2.73. The van der Waals surface area contributed by atoms with E-state index in [9.17, 15) is 5.11 Å². The first kappa shape index (κ1) is 12.4. The van der Waals surface area contributed by atoms with Crippen molar-refractivity contribution in [2.24, 2.45) is 59.2 Å². The third-order valence-corrected chi connectivity index (χ3v) is 9.10. The van der Waals surface area contributed by atoms with Gasteiger partial charge in [-0.25, -0.2) is 0 Å². The first-order valence-corrected chi connectivity index (χ1v) is 9.59. The molecule has 2 heteroatoms. The molecule has 2 nitrogen and oxygen atoms in total. The molecule has 0 amide bonds. The summed E-state index contributed by atoms with van der Waals surface area (Å²) in [6.07, 6.45) is 7.47. The highest BCUT2D eigenvalue weighted by molar-refractivity contribution is 5.21. The van der Waals surface area contributed by atoms with Crippen molar-refractivity contribution in [3.63, 3.8) is 0 Å². The second-order valence-corrected chi connectivity index (χ2v) is 9.18. The van der Waals surface area contributed by atoms with Crippen molar-refractivity contribution in [1.82, 2.24) is 0 Å². The number of hydrogen-bond acceptors (Lipinski definition) is 2. The van der Waals surface area contributed by atoms with Crippen LogP contribution in [0.25, 0.3) is 0 Å². The molecule has 12 atom stereocenters. The molecule has 12 unspecified atom stereocenters. The minimum atomic E-state index is -0.146. The standard InChI is InChI=1S/C19H28O2/c1-2-21-19-13-7-12(18(19)20)16-10-6-11(17(13)16)15-9-4-3-8(5-9)14(10)15/h8-20H,2-7H2,1H3. The quantitative estimate of drug-likeness (QED) is 0.792. The van der Waals surface area contributed by atoms with Gasteiger partial charge >= 0.3 is 0 Å². The maximum atomic E-state index is 10.7. The van der Waals surface area contributed by atoms with E-state index in [-0.39, 0.29) is 12.2 Å². The summed E-state index contributed by atoms with van der Waals surface area (Å²) in [5, 5.41) is 10.7. The Balaban J connectivity index is 1.37. The Bertz CT molecular complexity index is 476. The van der Waals surface area contributed by atoms with Gasteiger partial charge in [0.05, 0.1) is 12.2 Å². The lowest BCUT2D eigenvalue weighted by Crippen LogP contribution is -2.49. The number of rotatable bonds is 2. The van der Waals surface area contributed by atoms with Gasteiger partial charge in [-0.1, -0.05) is 0 Å². The second kappa shape index (κ2) is 3.87. The monoisotopic (exact) mass is 288 g/mol. The maximum Gasteiger partial charge on any atom is 0.0867 e. The zero-order chi connectivity index (χ0) is 13.9. The van der Waals surface area contributed by atoms with Gasteiger partial charge in [-0.2, -0.15) is 0 Å². The van der Waals surface area contributed by atoms with Crippen LogP contribution in [0.5, 0.6) is 0 Å². The molecule has 0 aromatic carbocycles. The van der Waals surface area contributed by atoms with Crippen LogP contribution in [0.15, 0.2) is 0 Å². The normalized spacial score (nSPS) is 68.9. The number of hydrogen-bond donors (Lipinski definition) is 1. The highest BCUT2D eigenvalue weighted by atomic mass is 16.5. The van der Waals surface area contributed by atoms with E-state index in [1.54, 1.807) is 6.42 Å². The smallest absolute Gasteiger partial charge is 0.0867 e. The SMILES string of the molecule is CCOC1C(O)C2CC1C1C3CC(C4C5CCC(C5)C34)C21. The number of aliphatic hydroxyl groups excluding tert-OH is 1. The molecule has 6 fully saturated rings. The first-order valence-electron chi connectivity index (χ1n) is 9.59. The predicted octanol–water partition coefficient (Wildman–Crippen LogP) is 2.95. The summed E-state index contributed by atoms with van der Waals surface area (Å²) in [6.45, 7) is 2.86. The third kappa shape index (κ3) is 1.24. The minimum Gasteiger partial charge on any atom is -0.390 e. The summed E-state index contributed by atoms with van der Waals surface area (Å²) in [4.78, 5) is 0. The van der Waals surface area contributed by atoms with Gasteiger partial charge in [-0.3, -0.25) is 0 Å². The van der Waals surface area contributed by atoms with Gasteiger partial charge in [0.1, 0.15) is 0 Å². The molecule has 21 heavy (non-hydrogen) atoms. The van der Waals surface area contributed by atoms with Crippen LogP contribution < -0.4 is 0 Å². The molecular weight excluding hydrogens is 260 g/mol. The van der Waals surface area contributed by atoms with E-state index in [2.05, 4.69) is 6.92 Å². The molecule has 6 aliphatic carbocycles. The van der Waals surface area contributed by atoms with E-state index >= 15 is 0 Å². The van der Waals surface area contributed by atoms with Gasteiger partial charge in [-0.15, -0.1) is 0 Å². The van der Waals surface area contributed by atoms with E-state index in [0.717, 1.165) is 54.0 Å². The van der Waals surface area contributed by atoms with Crippen molar-refractivity contribution in [1.29, 1.82) is 0 Å². The largest absolute Gasteiger partial charge is 0.390 e. The summed E-state index contributed by atoms with van der Waals surface area (Å²) >= 11 is 0. The van der Waals surface area contributed by atoms with Crippen molar-refractivity contribution in [2.45, 2.75) is 51.2 Å². The van der Waals surface area contributed by atoms with Crippen LogP contribution in [0.3, 0.4) is 0 Å². The zero-order valence-electron chi connectivity index (χ0n) is 13.0. The summed E-state index contributed by atoms with van der Waals surface area (Å²) in [6, 6.07) is 0. The van der Waals surface area contributed by atoms with E-state index < -0.39 is 0 Å². The van der Waals surface area contributed by atoms with E-state index in [0.29, 0.717) is 11.8 Å². The van der Waals surface area contributed by atoms with Crippen molar-refractivity contribution in [3.8, 4) is 0 Å². The summed E-state index contributed by atoms with van der Waals surface area (Å²) in [5.41, 5.74) is 0. The van der Waals surface area contributed by atoms with Crippen LogP contribution in [0.4, 0.5) is 0 Å². The molecule has 6 rings (SSSR count). The van der Waals surface area contributed by atoms with Crippen LogP contribution in [0.1, 0.15) is 39.0 Å². The van der Waals surface area contributed by atoms with Crippen LogP contribution >= 0.6 is 0 Å². The predicted molar refractivity (Wildman–Crippen MR) is 79.4 cm³/mol. The van der Waals surface area contributed by atoms with Crippen molar-refractivity contribution in [3.05, 3.63) is 0 Å². The minimum absolute atomic E-state index is 0.146. The van der Waals surface area contributed by atoms with Gasteiger partial charge in [-0.05, 0) is 98.2 Å². The summed E-state index contributed by atoms with van der Waals surface area (Å²) in [7, 11) is 0. The van der Waals surface area contributed by atoms with Crippen molar-refractivity contribution in [2.75, 3.05) is 6.61 Å². The summed E-state index contributed by atoms with van der Waals surface area (Å²) < 4.78 is 5.99. The molecule has 0 aliphatic heterocycles. The molecule has 1 N–H and O–H groups in total. The zero-order valence-corrected chi connectivity index (χ0v) is 13.0. The Morgan fingerprint density at radius 1 is 0.810 bits per heavy atom. The third-order valence-electron chi connectivity index (χ3n) is 9.10. The lowest BCUT2D eigenvalue weighted by Gasteiger charge is -2.48. The Hall–Kier alpha value is -0.0800. The van der Waals surface area contributed by atoms with Gasteiger partial charge < -0.3 is 9.84 Å². The Labute approximate surface area is 127 Å². The number of fused-ring (bicyclic) bond motifs is 16. The Morgan fingerprint density at radius 2 is 1.43 bits per heavy atom. The molecule has 6 saturated carbocycles. The Kier molecular flexibility index (Phi) is 2.28. The second-order valence-electron chi connectivity index (χ2n) is 9.18. The molecule has 0 radical (unpaired) electrons. The summed E-state index contributed by atoms with van der Waals surface area (Å²) in [5.74, 6) is 9.45. The molecule has 6 bridgehead atoms. The fraction of sp³-hybridized carbons (Fsp3) is 1.00. The molecule has 0 spiro atoms. The molecule has 0 heterocycles. The lowest BCUT2D eigenvalue weighted by atomic mass is 9.59. The van der Waals surface area contributed by atoms with E-state index in [1.807, 2.05) is 0 Å². The van der Waals surface area contributed by atoms with Gasteiger partial charge in [0.2, 0.25) is 0 Å². The van der Waals surface area contributed by atoms with Crippen LogP contribution in [0.2, 0.25) is 0 Å². The average molecular weight is 288 g/mol. The molecular formula is C19H28O2. The van der Waals surface area contributed by atoms with E-state index in [4.69, 9.17) is 4.74 Å². The topological polar surface area (TPSA) is 29.5 Å². The molecule has 0 aromatic rings. The average Bonchev–Trinajstić information content (AvgIpc) is 3.27. The van der Waals surface area contributed by atoms with Gasteiger partial charge in [0, 0.05) is 6.61 Å². The highest BCUT2D eigenvalue weighted by Crippen LogP contribution is 2.76. The van der Waals surface area contributed by atoms with Gasteiger partial charge in [0.25, 0.3) is 0 Å². The molecule has 0 aromatic heterocycles. The number of aliphatic hydroxyl groups is 1. The maximum absolute atomic E-state index is 10.7. The van der Waals surface area contributed by atoms with Crippen molar-refractivity contribution < 1.29 is 9.84 Å². The van der Waals surface area contributed by atoms with Crippen LogP contribution in [-0.2, 0) is 4.74 Å². The molecule has 0 saturated heterocycles. The Morgan fingerprint density at radius 3 is 2.10 bits per heavy atom.